The van der Waals surface area contributed by atoms with Gasteiger partial charge >= 0.3 is 5.69 Å². The molecule has 0 fully saturated rings. The van der Waals surface area contributed by atoms with Gasteiger partial charge in [-0.05, 0) is 24.6 Å². The van der Waals surface area contributed by atoms with Crippen molar-refractivity contribution in [3.63, 3.8) is 0 Å². The maximum Gasteiger partial charge on any atom is 0.331 e. The van der Waals surface area contributed by atoms with Crippen LogP contribution >= 0.6 is 35.0 Å². The van der Waals surface area contributed by atoms with E-state index in [4.69, 9.17) is 27.7 Å². The summed E-state index contributed by atoms with van der Waals surface area (Å²) in [5.74, 6) is 0.951. The minimum absolute atomic E-state index is 0.224. The van der Waals surface area contributed by atoms with Crippen LogP contribution in [0.3, 0.4) is 0 Å². The van der Waals surface area contributed by atoms with Crippen LogP contribution in [0.5, 0.6) is 0 Å². The first kappa shape index (κ1) is 22.5. The predicted octanol–water partition coefficient (Wildman–Crippen LogP) is 5.16. The second-order valence-electron chi connectivity index (χ2n) is 7.21. The smallest absolute Gasteiger partial charge is 0.331 e. The van der Waals surface area contributed by atoms with E-state index < -0.39 is 0 Å². The fourth-order valence-electron chi connectivity index (χ4n) is 3.39. The SMILES string of the molecule is Cc1c(SCc2cc(-c3c(Cl)cccc3Cl)no2)n(C)c(=O)n(Cc2ccccc2)c1=O. The number of rotatable bonds is 6. The molecule has 164 valence electrons. The van der Waals surface area contributed by atoms with E-state index in [0.29, 0.717) is 43.4 Å². The fraction of sp³-hybridized carbons (Fsp3) is 0.174. The van der Waals surface area contributed by atoms with E-state index >= 15 is 0 Å². The number of hydrogen-bond acceptors (Lipinski definition) is 5. The Labute approximate surface area is 198 Å². The van der Waals surface area contributed by atoms with Gasteiger partial charge in [-0.15, -0.1) is 0 Å². The Bertz CT molecular complexity index is 1340. The number of benzene rings is 2. The predicted molar refractivity (Wildman–Crippen MR) is 128 cm³/mol. The first-order chi connectivity index (χ1) is 15.4. The molecule has 2 heterocycles. The van der Waals surface area contributed by atoms with Gasteiger partial charge in [0.2, 0.25) is 0 Å². The summed E-state index contributed by atoms with van der Waals surface area (Å²) in [6, 6.07) is 16.4. The number of nitrogens with zero attached hydrogens (tertiary/aromatic N) is 3. The minimum Gasteiger partial charge on any atom is -0.360 e. The van der Waals surface area contributed by atoms with Crippen LogP contribution in [0.25, 0.3) is 11.3 Å². The van der Waals surface area contributed by atoms with Gasteiger partial charge in [-0.3, -0.25) is 13.9 Å². The maximum absolute atomic E-state index is 12.9. The van der Waals surface area contributed by atoms with Crippen LogP contribution in [0.1, 0.15) is 16.9 Å². The van der Waals surface area contributed by atoms with Crippen LogP contribution in [0, 0.1) is 6.92 Å². The van der Waals surface area contributed by atoms with Crippen molar-refractivity contribution < 1.29 is 4.52 Å². The quantitative estimate of drug-likeness (QED) is 0.277. The van der Waals surface area contributed by atoms with E-state index in [1.807, 2.05) is 30.3 Å². The van der Waals surface area contributed by atoms with Crippen LogP contribution in [-0.2, 0) is 19.3 Å². The monoisotopic (exact) mass is 487 g/mol. The van der Waals surface area contributed by atoms with Gasteiger partial charge in [-0.2, -0.15) is 0 Å². The summed E-state index contributed by atoms with van der Waals surface area (Å²) >= 11 is 13.8. The van der Waals surface area contributed by atoms with E-state index in [2.05, 4.69) is 5.16 Å². The molecule has 4 aromatic rings. The summed E-state index contributed by atoms with van der Waals surface area (Å²) in [5.41, 5.74) is 1.84. The Kier molecular flexibility index (Phi) is 6.60. The molecule has 0 N–H and O–H groups in total. The van der Waals surface area contributed by atoms with Crippen molar-refractivity contribution in [2.24, 2.45) is 7.05 Å². The van der Waals surface area contributed by atoms with Gasteiger partial charge < -0.3 is 4.52 Å². The highest BCUT2D eigenvalue weighted by atomic mass is 35.5. The zero-order valence-electron chi connectivity index (χ0n) is 17.3. The van der Waals surface area contributed by atoms with Gasteiger partial charge in [0.25, 0.3) is 5.56 Å². The lowest BCUT2D eigenvalue weighted by Crippen LogP contribution is -2.41. The van der Waals surface area contributed by atoms with Crippen LogP contribution in [-0.4, -0.2) is 14.3 Å². The zero-order chi connectivity index (χ0) is 22.8. The maximum atomic E-state index is 12.9. The molecule has 0 aliphatic rings. The van der Waals surface area contributed by atoms with Crippen LogP contribution in [0.15, 0.2) is 73.7 Å². The first-order valence-electron chi connectivity index (χ1n) is 9.74. The molecule has 0 saturated carbocycles. The zero-order valence-corrected chi connectivity index (χ0v) is 19.7. The summed E-state index contributed by atoms with van der Waals surface area (Å²) in [5, 5.41) is 5.61. The number of aromatic nitrogens is 3. The Morgan fingerprint density at radius 1 is 1.03 bits per heavy atom. The van der Waals surface area contributed by atoms with Crippen LogP contribution < -0.4 is 11.2 Å². The molecule has 32 heavy (non-hydrogen) atoms. The van der Waals surface area contributed by atoms with Crippen molar-refractivity contribution in [2.75, 3.05) is 0 Å². The number of halogens is 2. The lowest BCUT2D eigenvalue weighted by atomic mass is 10.1. The van der Waals surface area contributed by atoms with Crippen LogP contribution in [0.4, 0.5) is 0 Å². The van der Waals surface area contributed by atoms with E-state index in [9.17, 15) is 9.59 Å². The Morgan fingerprint density at radius 3 is 2.41 bits per heavy atom. The molecule has 0 aliphatic heterocycles. The average Bonchev–Trinajstić information content (AvgIpc) is 3.24. The highest BCUT2D eigenvalue weighted by Gasteiger charge is 2.17. The molecule has 0 aliphatic carbocycles. The second-order valence-corrected chi connectivity index (χ2v) is 8.99. The molecular formula is C23H19Cl2N3O3S. The molecule has 2 aromatic heterocycles. The Morgan fingerprint density at radius 2 is 1.72 bits per heavy atom. The Balaban J connectivity index is 1.59. The largest absolute Gasteiger partial charge is 0.360 e. The van der Waals surface area contributed by atoms with Crippen molar-refractivity contribution in [3.8, 4) is 11.3 Å². The fourth-order valence-corrected chi connectivity index (χ4v) is 4.97. The number of hydrogen-bond donors (Lipinski definition) is 0. The van der Waals surface area contributed by atoms with E-state index in [0.717, 1.165) is 5.56 Å². The van der Waals surface area contributed by atoms with E-state index in [1.54, 1.807) is 38.2 Å². The highest BCUT2D eigenvalue weighted by molar-refractivity contribution is 7.98. The van der Waals surface area contributed by atoms with Crippen molar-refractivity contribution in [2.45, 2.75) is 24.2 Å². The molecule has 0 spiro atoms. The third kappa shape index (κ3) is 4.41. The second kappa shape index (κ2) is 9.40. The first-order valence-corrected chi connectivity index (χ1v) is 11.5. The molecule has 0 amide bonds. The Hall–Kier alpha value is -2.74. The summed E-state index contributed by atoms with van der Waals surface area (Å²) < 4.78 is 8.18. The van der Waals surface area contributed by atoms with E-state index in [-0.39, 0.29) is 17.8 Å². The topological polar surface area (TPSA) is 70.0 Å². The molecule has 9 heteroatoms. The molecule has 0 radical (unpaired) electrons. The molecule has 0 bridgehead atoms. The van der Waals surface area contributed by atoms with Gasteiger partial charge in [-0.25, -0.2) is 4.79 Å². The van der Waals surface area contributed by atoms with Gasteiger partial charge in [0, 0.05) is 24.2 Å². The molecule has 0 saturated heterocycles. The lowest BCUT2D eigenvalue weighted by molar-refractivity contribution is 0.397. The number of thioether (sulfide) groups is 1. The summed E-state index contributed by atoms with van der Waals surface area (Å²) in [6.07, 6.45) is 0. The van der Waals surface area contributed by atoms with E-state index in [1.165, 1.54) is 20.9 Å². The molecule has 2 aromatic carbocycles. The molecule has 0 unspecified atom stereocenters. The van der Waals surface area contributed by atoms with Crippen molar-refractivity contribution in [1.29, 1.82) is 0 Å². The van der Waals surface area contributed by atoms with Gasteiger partial charge in [0.05, 0.1) is 27.4 Å². The average molecular weight is 488 g/mol. The third-order valence-corrected chi connectivity index (χ3v) is 6.93. The molecule has 6 nitrogen and oxygen atoms in total. The normalized spacial score (nSPS) is 11.1. The standard InChI is InChI=1S/C23H19Cl2N3O3S/c1-14-21(29)28(12-15-7-4-3-5-8-15)23(30)27(2)22(14)32-13-16-11-19(26-31-16)20-17(24)9-6-10-18(20)25/h3-11H,12-13H2,1-2H3. The van der Waals surface area contributed by atoms with Gasteiger partial charge in [0.1, 0.15) is 11.5 Å². The van der Waals surface area contributed by atoms with Crippen LogP contribution in [0.2, 0.25) is 10.0 Å². The summed E-state index contributed by atoms with van der Waals surface area (Å²) in [4.78, 5) is 25.8. The van der Waals surface area contributed by atoms with Gasteiger partial charge in [-0.1, -0.05) is 76.5 Å². The molecule has 4 rings (SSSR count). The highest BCUT2D eigenvalue weighted by Crippen LogP contribution is 2.35. The molecular weight excluding hydrogens is 469 g/mol. The van der Waals surface area contributed by atoms with Crippen molar-refractivity contribution in [3.05, 3.63) is 102 Å². The minimum atomic E-state index is -0.368. The molecule has 0 atom stereocenters. The van der Waals surface area contributed by atoms with Crippen molar-refractivity contribution in [1.82, 2.24) is 14.3 Å². The van der Waals surface area contributed by atoms with Gasteiger partial charge in [0.15, 0.2) is 0 Å². The van der Waals surface area contributed by atoms with Crippen molar-refractivity contribution >= 4 is 35.0 Å². The summed E-state index contributed by atoms with van der Waals surface area (Å²) in [7, 11) is 1.66. The summed E-state index contributed by atoms with van der Waals surface area (Å²) in [6.45, 7) is 1.95. The lowest BCUT2D eigenvalue weighted by Gasteiger charge is -2.14. The third-order valence-electron chi connectivity index (χ3n) is 5.02.